The van der Waals surface area contributed by atoms with Gasteiger partial charge in [-0.05, 0) is 79.4 Å². The minimum absolute atomic E-state index is 0.151. The molecule has 1 amide bonds. The number of methoxy groups -OCH3 is 1. The standard InChI is InChI=1S/C26H34N2O2/c1-5-28-22-10-7-18-20-9-8-19(17-6-11-23(30-4)27-16-17)25(20,2)14-12-21(18)26(22,3)15-13-24(28)29/h6,8,10-11,16,18,20-21H,5,7,9,12-15H2,1-4H3. The Kier molecular flexibility index (Phi) is 4.61. The summed E-state index contributed by atoms with van der Waals surface area (Å²) < 4.78 is 5.26. The highest BCUT2D eigenvalue weighted by atomic mass is 16.5. The Morgan fingerprint density at radius 1 is 1.13 bits per heavy atom. The van der Waals surface area contributed by atoms with Crippen molar-refractivity contribution in [1.82, 2.24) is 9.88 Å². The number of hydrogen-bond donors (Lipinski definition) is 0. The summed E-state index contributed by atoms with van der Waals surface area (Å²) in [7, 11) is 1.67. The highest BCUT2D eigenvalue weighted by Gasteiger charge is 2.57. The van der Waals surface area contributed by atoms with E-state index in [-0.39, 0.29) is 10.8 Å². The average molecular weight is 407 g/mol. The Balaban J connectivity index is 1.46. The highest BCUT2D eigenvalue weighted by Crippen LogP contribution is 2.66. The Bertz CT molecular complexity index is 917. The van der Waals surface area contributed by atoms with Crippen molar-refractivity contribution in [2.75, 3.05) is 13.7 Å². The number of pyridine rings is 1. The molecule has 1 saturated heterocycles. The molecule has 0 N–H and O–H groups in total. The zero-order valence-electron chi connectivity index (χ0n) is 18.8. The maximum Gasteiger partial charge on any atom is 0.226 e. The van der Waals surface area contributed by atoms with Crippen LogP contribution in [0.3, 0.4) is 0 Å². The lowest BCUT2D eigenvalue weighted by atomic mass is 9.49. The third-order valence-electron chi connectivity index (χ3n) is 9.03. The average Bonchev–Trinajstić information content (AvgIpc) is 3.11. The molecule has 1 aromatic rings. The molecule has 2 fully saturated rings. The second-order valence-electron chi connectivity index (χ2n) is 10.2. The molecule has 0 spiro atoms. The molecule has 0 radical (unpaired) electrons. The van der Waals surface area contributed by atoms with Crippen molar-refractivity contribution in [3.63, 3.8) is 0 Å². The first-order valence-corrected chi connectivity index (χ1v) is 11.6. The van der Waals surface area contributed by atoms with E-state index in [0.29, 0.717) is 36.0 Å². The lowest BCUT2D eigenvalue weighted by molar-refractivity contribution is -0.136. The largest absolute Gasteiger partial charge is 0.481 e. The Morgan fingerprint density at radius 3 is 2.67 bits per heavy atom. The number of carbonyl (C=O) groups excluding carboxylic acids is 1. The summed E-state index contributed by atoms with van der Waals surface area (Å²) in [6.45, 7) is 7.85. The van der Waals surface area contributed by atoms with E-state index in [0.717, 1.165) is 25.8 Å². The molecule has 1 saturated carbocycles. The van der Waals surface area contributed by atoms with Gasteiger partial charge in [0.2, 0.25) is 11.8 Å². The predicted molar refractivity (Wildman–Crippen MR) is 119 cm³/mol. The van der Waals surface area contributed by atoms with Crippen LogP contribution in [0.25, 0.3) is 5.57 Å². The maximum absolute atomic E-state index is 12.5. The van der Waals surface area contributed by atoms with Gasteiger partial charge in [0.25, 0.3) is 0 Å². The van der Waals surface area contributed by atoms with E-state index < -0.39 is 0 Å². The molecule has 4 nitrogen and oxygen atoms in total. The van der Waals surface area contributed by atoms with Crippen LogP contribution in [-0.4, -0.2) is 29.4 Å². The molecule has 30 heavy (non-hydrogen) atoms. The minimum atomic E-state index is 0.151. The van der Waals surface area contributed by atoms with Gasteiger partial charge in [0.05, 0.1) is 7.11 Å². The van der Waals surface area contributed by atoms with E-state index >= 15 is 0 Å². The lowest BCUT2D eigenvalue weighted by Gasteiger charge is -2.58. The summed E-state index contributed by atoms with van der Waals surface area (Å²) in [6, 6.07) is 4.15. The fraction of sp³-hybridized carbons (Fsp3) is 0.615. The van der Waals surface area contributed by atoms with Crippen LogP contribution in [-0.2, 0) is 4.79 Å². The number of allylic oxidation sites excluding steroid dienone is 4. The van der Waals surface area contributed by atoms with E-state index in [1.165, 1.54) is 29.7 Å². The molecule has 4 aliphatic rings. The van der Waals surface area contributed by atoms with Crippen LogP contribution < -0.4 is 4.74 Å². The van der Waals surface area contributed by atoms with E-state index in [2.05, 4.69) is 48.9 Å². The summed E-state index contributed by atoms with van der Waals surface area (Å²) >= 11 is 0. The van der Waals surface area contributed by atoms with Crippen molar-refractivity contribution in [2.45, 2.75) is 59.3 Å². The Hall–Kier alpha value is -2.10. The molecule has 5 unspecified atom stereocenters. The van der Waals surface area contributed by atoms with E-state index in [1.807, 2.05) is 12.3 Å². The Labute approximate surface area is 180 Å². The minimum Gasteiger partial charge on any atom is -0.481 e. The third kappa shape index (κ3) is 2.65. The van der Waals surface area contributed by atoms with Crippen molar-refractivity contribution in [1.29, 1.82) is 0 Å². The van der Waals surface area contributed by atoms with Crippen LogP contribution in [0.4, 0.5) is 0 Å². The number of carbonyl (C=O) groups is 1. The van der Waals surface area contributed by atoms with Crippen LogP contribution in [0.5, 0.6) is 5.88 Å². The van der Waals surface area contributed by atoms with Gasteiger partial charge in [0.1, 0.15) is 0 Å². The van der Waals surface area contributed by atoms with Gasteiger partial charge >= 0.3 is 0 Å². The number of fused-ring (bicyclic) bond motifs is 5. The molecule has 5 atom stereocenters. The molecule has 0 aromatic carbocycles. The van der Waals surface area contributed by atoms with Crippen molar-refractivity contribution in [3.8, 4) is 5.88 Å². The van der Waals surface area contributed by atoms with Crippen LogP contribution in [0.1, 0.15) is 64.9 Å². The molecule has 2 heterocycles. The van der Waals surface area contributed by atoms with Crippen LogP contribution in [0.15, 0.2) is 36.2 Å². The number of rotatable bonds is 3. The van der Waals surface area contributed by atoms with Crippen LogP contribution >= 0.6 is 0 Å². The Morgan fingerprint density at radius 2 is 1.97 bits per heavy atom. The molecule has 3 aliphatic carbocycles. The monoisotopic (exact) mass is 406 g/mol. The van der Waals surface area contributed by atoms with Gasteiger partial charge in [-0.3, -0.25) is 4.79 Å². The molecule has 0 bridgehead atoms. The van der Waals surface area contributed by atoms with Crippen molar-refractivity contribution in [3.05, 3.63) is 41.7 Å². The zero-order valence-corrected chi connectivity index (χ0v) is 18.8. The molecule has 4 heteroatoms. The number of hydrogen-bond acceptors (Lipinski definition) is 3. The van der Waals surface area contributed by atoms with Crippen LogP contribution in [0.2, 0.25) is 0 Å². The molecule has 160 valence electrons. The van der Waals surface area contributed by atoms with Gasteiger partial charge in [-0.1, -0.05) is 26.0 Å². The second-order valence-corrected chi connectivity index (χ2v) is 10.2. The number of piperidine rings is 1. The quantitative estimate of drug-likeness (QED) is 0.669. The maximum atomic E-state index is 12.5. The van der Waals surface area contributed by atoms with E-state index in [9.17, 15) is 4.79 Å². The van der Waals surface area contributed by atoms with Gasteiger partial charge in [-0.15, -0.1) is 0 Å². The first-order valence-electron chi connectivity index (χ1n) is 11.6. The van der Waals surface area contributed by atoms with Crippen molar-refractivity contribution in [2.24, 2.45) is 28.6 Å². The summed E-state index contributed by atoms with van der Waals surface area (Å²) in [6.07, 6.45) is 13.4. The SMILES string of the molecule is CCN1C(=O)CCC2(C)C1=CCC1C3CC=C(c4ccc(OC)nc4)C3(C)CCC12. The fourth-order valence-corrected chi connectivity index (χ4v) is 7.47. The van der Waals surface area contributed by atoms with Gasteiger partial charge in [-0.2, -0.15) is 0 Å². The van der Waals surface area contributed by atoms with Gasteiger partial charge < -0.3 is 9.64 Å². The van der Waals surface area contributed by atoms with Crippen LogP contribution in [0, 0.1) is 28.6 Å². The van der Waals surface area contributed by atoms with Gasteiger partial charge in [0, 0.05) is 36.3 Å². The van der Waals surface area contributed by atoms with E-state index in [1.54, 1.807) is 7.11 Å². The first kappa shape index (κ1) is 19.8. The molecule has 5 rings (SSSR count). The summed E-state index contributed by atoms with van der Waals surface area (Å²) in [5.74, 6) is 3.05. The molecule has 1 aromatic heterocycles. The zero-order chi connectivity index (χ0) is 21.1. The van der Waals surface area contributed by atoms with Crippen molar-refractivity contribution < 1.29 is 9.53 Å². The molecular weight excluding hydrogens is 372 g/mol. The normalized spacial score (nSPS) is 37.7. The summed E-state index contributed by atoms with van der Waals surface area (Å²) in [5, 5.41) is 0. The first-order chi connectivity index (χ1) is 14.4. The number of likely N-dealkylation sites (tertiary alicyclic amines) is 1. The number of ether oxygens (including phenoxy) is 1. The summed E-state index contributed by atoms with van der Waals surface area (Å²) in [5.41, 5.74) is 4.43. The number of nitrogens with zero attached hydrogens (tertiary/aromatic N) is 2. The topological polar surface area (TPSA) is 42.4 Å². The third-order valence-corrected chi connectivity index (χ3v) is 9.03. The van der Waals surface area contributed by atoms with Crippen molar-refractivity contribution >= 4 is 11.5 Å². The predicted octanol–water partition coefficient (Wildman–Crippen LogP) is 5.46. The van der Waals surface area contributed by atoms with Gasteiger partial charge in [0.15, 0.2) is 0 Å². The fourth-order valence-electron chi connectivity index (χ4n) is 7.47. The highest BCUT2D eigenvalue weighted by molar-refractivity contribution is 5.80. The van der Waals surface area contributed by atoms with Gasteiger partial charge in [-0.25, -0.2) is 4.98 Å². The second kappa shape index (κ2) is 6.96. The lowest BCUT2D eigenvalue weighted by Crippen LogP contribution is -2.53. The smallest absolute Gasteiger partial charge is 0.226 e. The van der Waals surface area contributed by atoms with E-state index in [4.69, 9.17) is 4.74 Å². The molecular formula is C26H34N2O2. The number of aromatic nitrogens is 1. The molecule has 1 aliphatic heterocycles. The number of amides is 1. The summed E-state index contributed by atoms with van der Waals surface area (Å²) in [4.78, 5) is 19.1.